The lowest BCUT2D eigenvalue weighted by atomic mass is 9.73. The number of amides is 1. The number of ether oxygens (including phenoxy) is 1. The van der Waals surface area contributed by atoms with E-state index in [0.29, 0.717) is 17.4 Å². The molecule has 1 amide bonds. The highest BCUT2D eigenvalue weighted by molar-refractivity contribution is 7.47. The van der Waals surface area contributed by atoms with Gasteiger partial charge in [0.05, 0.1) is 0 Å². The van der Waals surface area contributed by atoms with Gasteiger partial charge in [-0.15, -0.1) is 0 Å². The van der Waals surface area contributed by atoms with Crippen LogP contribution in [0.5, 0.6) is 17.2 Å². The maximum atomic E-state index is 13.0. The van der Waals surface area contributed by atoms with Crippen molar-refractivity contribution in [2.24, 2.45) is 5.92 Å². The first-order valence-electron chi connectivity index (χ1n) is 15.9. The van der Waals surface area contributed by atoms with E-state index in [1.165, 1.54) is 5.57 Å². The minimum atomic E-state index is -4.63. The van der Waals surface area contributed by atoms with Crippen molar-refractivity contribution in [2.45, 2.75) is 71.6 Å². The van der Waals surface area contributed by atoms with Crippen LogP contribution in [0.25, 0.3) is 10.9 Å². The van der Waals surface area contributed by atoms with Crippen LogP contribution in [0.4, 0.5) is 4.79 Å². The Balaban J connectivity index is 1.48. The first-order valence-corrected chi connectivity index (χ1v) is 17.4. The maximum absolute atomic E-state index is 13.0. The van der Waals surface area contributed by atoms with Crippen LogP contribution >= 0.6 is 7.82 Å². The van der Waals surface area contributed by atoms with Crippen LogP contribution < -0.4 is 14.6 Å². The second kappa shape index (κ2) is 15.8. The Bertz CT molecular complexity index is 1610. The molecule has 2 aromatic carbocycles. The number of H-pyrrole nitrogens is 1. The lowest BCUT2D eigenvalue weighted by molar-refractivity contribution is 0.166. The van der Waals surface area contributed by atoms with E-state index in [4.69, 9.17) is 13.8 Å². The van der Waals surface area contributed by atoms with Gasteiger partial charge in [-0.05, 0) is 101 Å². The summed E-state index contributed by atoms with van der Waals surface area (Å²) in [6, 6.07) is 8.72. The zero-order chi connectivity index (χ0) is 33.4. The van der Waals surface area contributed by atoms with Crippen LogP contribution in [0, 0.1) is 5.92 Å². The summed E-state index contributed by atoms with van der Waals surface area (Å²) in [6.07, 6.45) is 9.33. The number of aromatic nitrogens is 1. The summed E-state index contributed by atoms with van der Waals surface area (Å²) in [5.74, 6) is 0.342. The van der Waals surface area contributed by atoms with Gasteiger partial charge < -0.3 is 24.3 Å². The van der Waals surface area contributed by atoms with Gasteiger partial charge in [-0.1, -0.05) is 49.6 Å². The summed E-state index contributed by atoms with van der Waals surface area (Å²) < 4.78 is 29.3. The van der Waals surface area contributed by atoms with Gasteiger partial charge in [0.15, 0.2) is 0 Å². The van der Waals surface area contributed by atoms with E-state index >= 15 is 0 Å². The number of fused-ring (bicyclic) bond motifs is 1. The van der Waals surface area contributed by atoms with Crippen LogP contribution in [0.3, 0.4) is 0 Å². The zero-order valence-electron chi connectivity index (χ0n) is 27.6. The first-order chi connectivity index (χ1) is 21.9. The second-order valence-electron chi connectivity index (χ2n) is 12.5. The number of phosphoric ester groups is 1. The van der Waals surface area contributed by atoms with Crippen LogP contribution in [0.15, 0.2) is 60.3 Å². The Morgan fingerprint density at radius 2 is 1.98 bits per heavy atom. The molecule has 250 valence electrons. The molecule has 46 heavy (non-hydrogen) atoms. The van der Waals surface area contributed by atoms with Crippen molar-refractivity contribution in [3.63, 3.8) is 0 Å². The van der Waals surface area contributed by atoms with E-state index < -0.39 is 20.6 Å². The standard InChI is InChI=1S/C35H48N3O7P/c1-7-8-9-11-25-19-30(39)34(28-18-24(4)14-15-27(28)23(2)3)32(20-25)44-35(40)37-22-43-46(41,42)45-31-13-10-12-29-33(31)26(21-36-29)16-17-38(5)6/h10,12-13,18-21,27-28,36,39H,2,7-9,11,14-17,22H2,1,3-6H3,(H,37,40)(H,41,42)/t27-,28+/m0/s1. The molecule has 0 aliphatic heterocycles. The van der Waals surface area contributed by atoms with E-state index in [9.17, 15) is 19.4 Å². The van der Waals surface area contributed by atoms with Crippen molar-refractivity contribution < 1.29 is 33.1 Å². The molecular formula is C35H48N3O7P. The van der Waals surface area contributed by atoms with Gasteiger partial charge in [-0.2, -0.15) is 0 Å². The number of aryl methyl sites for hydroxylation is 1. The molecule has 0 bridgehead atoms. The Kier molecular flexibility index (Phi) is 12.1. The number of carbonyl (C=O) groups is 1. The summed E-state index contributed by atoms with van der Waals surface area (Å²) in [5, 5.41) is 14.3. The van der Waals surface area contributed by atoms with Gasteiger partial charge in [0, 0.05) is 35.1 Å². The number of benzene rings is 2. The summed E-state index contributed by atoms with van der Waals surface area (Å²) in [5.41, 5.74) is 5.26. The number of allylic oxidation sites excluding steroid dienone is 3. The number of phosphoric acid groups is 1. The number of nitrogens with zero attached hydrogens (tertiary/aromatic N) is 1. The number of phenolic OH excluding ortho intramolecular Hbond substituents is 1. The van der Waals surface area contributed by atoms with Crippen molar-refractivity contribution in [1.82, 2.24) is 15.2 Å². The molecule has 11 heteroatoms. The van der Waals surface area contributed by atoms with E-state index in [-0.39, 0.29) is 29.1 Å². The van der Waals surface area contributed by atoms with Gasteiger partial charge in [0.25, 0.3) is 0 Å². The summed E-state index contributed by atoms with van der Waals surface area (Å²) in [4.78, 5) is 28.8. The fourth-order valence-corrected chi connectivity index (χ4v) is 6.69. The van der Waals surface area contributed by atoms with Crippen LogP contribution in [-0.4, -0.2) is 53.3 Å². The number of unbranched alkanes of at least 4 members (excludes halogenated alkanes) is 2. The van der Waals surface area contributed by atoms with Crippen molar-refractivity contribution in [3.8, 4) is 17.2 Å². The molecule has 0 fully saturated rings. The number of hydrogen-bond donors (Lipinski definition) is 4. The van der Waals surface area contributed by atoms with Crippen LogP contribution in [-0.2, 0) is 21.9 Å². The maximum Gasteiger partial charge on any atom is 0.529 e. The number of carbonyl (C=O) groups excluding carboxylic acids is 1. The lowest BCUT2D eigenvalue weighted by Crippen LogP contribution is -2.29. The molecule has 1 aliphatic carbocycles. The molecular weight excluding hydrogens is 605 g/mol. The molecule has 1 unspecified atom stereocenters. The summed E-state index contributed by atoms with van der Waals surface area (Å²) in [6.45, 7) is 10.5. The number of aromatic hydroxyl groups is 1. The van der Waals surface area contributed by atoms with Gasteiger partial charge in [-0.25, -0.2) is 9.36 Å². The van der Waals surface area contributed by atoms with E-state index in [0.717, 1.165) is 67.3 Å². The number of likely N-dealkylation sites (N-methyl/N-ethyl adjacent to an activating group) is 1. The lowest BCUT2D eigenvalue weighted by Gasteiger charge is -2.32. The average Bonchev–Trinajstić information content (AvgIpc) is 3.40. The van der Waals surface area contributed by atoms with Gasteiger partial charge in [0.2, 0.25) is 0 Å². The minimum absolute atomic E-state index is 0.0624. The molecule has 4 N–H and O–H groups in total. The highest BCUT2D eigenvalue weighted by Crippen LogP contribution is 2.48. The van der Waals surface area contributed by atoms with Crippen molar-refractivity contribution >= 4 is 24.8 Å². The van der Waals surface area contributed by atoms with Gasteiger partial charge in [0.1, 0.15) is 24.0 Å². The number of phenols is 1. The number of nitrogens with one attached hydrogen (secondary N) is 2. The van der Waals surface area contributed by atoms with E-state index in [1.54, 1.807) is 24.3 Å². The molecule has 0 radical (unpaired) electrons. The largest absolute Gasteiger partial charge is 0.529 e. The fourth-order valence-electron chi connectivity index (χ4n) is 6.01. The Morgan fingerprint density at radius 3 is 2.70 bits per heavy atom. The Labute approximate surface area is 272 Å². The van der Waals surface area contributed by atoms with Crippen molar-refractivity contribution in [2.75, 3.05) is 27.4 Å². The third kappa shape index (κ3) is 9.26. The van der Waals surface area contributed by atoms with Crippen molar-refractivity contribution in [1.29, 1.82) is 0 Å². The number of rotatable bonds is 15. The SMILES string of the molecule is C=C(C)[C@@H]1CCC(C)=C[C@H]1c1c(O)cc(CCCCC)cc1OC(=O)NCOP(=O)(O)Oc1cccc2[nH]cc(CCN(C)C)c12. The minimum Gasteiger partial charge on any atom is -0.507 e. The summed E-state index contributed by atoms with van der Waals surface area (Å²) >= 11 is 0. The molecule has 0 saturated carbocycles. The van der Waals surface area contributed by atoms with E-state index in [1.807, 2.05) is 38.2 Å². The third-order valence-corrected chi connectivity index (χ3v) is 9.28. The monoisotopic (exact) mass is 653 g/mol. The third-order valence-electron chi connectivity index (χ3n) is 8.40. The van der Waals surface area contributed by atoms with Crippen LogP contribution in [0.2, 0.25) is 0 Å². The molecule has 1 aromatic heterocycles. The molecule has 1 aliphatic rings. The normalized spacial score (nSPS) is 17.8. The Hall–Kier alpha value is -3.56. The van der Waals surface area contributed by atoms with E-state index in [2.05, 4.69) is 36.8 Å². The predicted molar refractivity (Wildman–Crippen MR) is 181 cm³/mol. The first kappa shape index (κ1) is 35.3. The Morgan fingerprint density at radius 1 is 1.20 bits per heavy atom. The molecule has 0 saturated heterocycles. The zero-order valence-corrected chi connectivity index (χ0v) is 28.5. The summed E-state index contributed by atoms with van der Waals surface area (Å²) in [7, 11) is -0.686. The topological polar surface area (TPSA) is 133 Å². The molecule has 10 nitrogen and oxygen atoms in total. The highest BCUT2D eigenvalue weighted by Gasteiger charge is 2.32. The molecule has 3 aromatic rings. The fraction of sp³-hybridized carbons (Fsp3) is 0.457. The molecule has 1 heterocycles. The molecule has 4 rings (SSSR count). The van der Waals surface area contributed by atoms with Crippen LogP contribution in [0.1, 0.15) is 75.5 Å². The second-order valence-corrected chi connectivity index (χ2v) is 13.8. The quantitative estimate of drug-likeness (QED) is 0.0562. The number of aromatic amines is 1. The highest BCUT2D eigenvalue weighted by atomic mass is 31.2. The van der Waals surface area contributed by atoms with Crippen molar-refractivity contribution in [3.05, 3.63) is 77.0 Å². The average molecular weight is 654 g/mol. The molecule has 3 atom stereocenters. The van der Waals surface area contributed by atoms with Gasteiger partial charge in [-0.3, -0.25) is 14.7 Å². The van der Waals surface area contributed by atoms with Gasteiger partial charge >= 0.3 is 13.9 Å². The molecule has 0 spiro atoms. The number of hydrogen-bond acceptors (Lipinski definition) is 7. The predicted octanol–water partition coefficient (Wildman–Crippen LogP) is 7.97. The smallest absolute Gasteiger partial charge is 0.507 e.